The van der Waals surface area contributed by atoms with E-state index in [9.17, 15) is 9.59 Å². The Morgan fingerprint density at radius 2 is 1.85 bits per heavy atom. The maximum absolute atomic E-state index is 12.7. The van der Waals surface area contributed by atoms with Crippen molar-refractivity contribution in [1.29, 1.82) is 0 Å². The Kier molecular flexibility index (Phi) is 5.32. The molecule has 1 N–H and O–H groups in total. The third kappa shape index (κ3) is 3.60. The second kappa shape index (κ2) is 7.66. The van der Waals surface area contributed by atoms with Crippen molar-refractivity contribution in [3.63, 3.8) is 0 Å². The number of methoxy groups -OCH3 is 2. The van der Waals surface area contributed by atoms with Crippen LogP contribution in [0.15, 0.2) is 42.5 Å². The van der Waals surface area contributed by atoms with Crippen LogP contribution in [0.4, 0.5) is 11.4 Å². The average Bonchev–Trinajstić information content (AvgIpc) is 3.05. The Labute approximate surface area is 156 Å². The molecule has 3 rings (SSSR count). The van der Waals surface area contributed by atoms with Crippen LogP contribution in [0.3, 0.4) is 0 Å². The highest BCUT2D eigenvalue weighted by Gasteiger charge is 2.35. The van der Waals surface area contributed by atoms with E-state index in [1.807, 2.05) is 30.3 Å². The highest BCUT2D eigenvalue weighted by atomic mass is 35.5. The van der Waals surface area contributed by atoms with Crippen molar-refractivity contribution < 1.29 is 19.1 Å². The number of hydrogen-bond acceptors (Lipinski definition) is 4. The zero-order valence-corrected chi connectivity index (χ0v) is 15.2. The number of para-hydroxylation sites is 1. The Balaban J connectivity index is 1.76. The lowest BCUT2D eigenvalue weighted by Crippen LogP contribution is -2.28. The predicted octanol–water partition coefficient (Wildman–Crippen LogP) is 3.35. The highest BCUT2D eigenvalue weighted by Crippen LogP contribution is 2.36. The van der Waals surface area contributed by atoms with E-state index in [4.69, 9.17) is 21.1 Å². The topological polar surface area (TPSA) is 67.9 Å². The van der Waals surface area contributed by atoms with Gasteiger partial charge in [0.15, 0.2) is 0 Å². The molecule has 2 aromatic carbocycles. The lowest BCUT2D eigenvalue weighted by Gasteiger charge is -2.17. The summed E-state index contributed by atoms with van der Waals surface area (Å²) >= 11 is 6.08. The molecule has 1 atom stereocenters. The molecule has 1 fully saturated rings. The van der Waals surface area contributed by atoms with Crippen molar-refractivity contribution in [2.75, 3.05) is 31.0 Å². The van der Waals surface area contributed by atoms with E-state index in [-0.39, 0.29) is 18.2 Å². The molecule has 1 aliphatic rings. The Bertz CT molecular complexity index is 826. The smallest absolute Gasteiger partial charge is 0.229 e. The second-order valence-electron chi connectivity index (χ2n) is 5.92. The fourth-order valence-corrected chi connectivity index (χ4v) is 3.16. The van der Waals surface area contributed by atoms with E-state index >= 15 is 0 Å². The van der Waals surface area contributed by atoms with Gasteiger partial charge in [0.05, 0.1) is 30.8 Å². The average molecular weight is 375 g/mol. The van der Waals surface area contributed by atoms with Crippen LogP contribution >= 0.6 is 11.6 Å². The number of nitrogens with one attached hydrogen (secondary N) is 1. The van der Waals surface area contributed by atoms with Crippen LogP contribution in [0.1, 0.15) is 6.42 Å². The number of amides is 2. The summed E-state index contributed by atoms with van der Waals surface area (Å²) in [6.07, 6.45) is 0.160. The number of anilines is 2. The molecular weight excluding hydrogens is 356 g/mol. The van der Waals surface area contributed by atoms with Crippen LogP contribution < -0.4 is 19.7 Å². The van der Waals surface area contributed by atoms with Crippen LogP contribution in [0.2, 0.25) is 5.02 Å². The SMILES string of the molecule is COc1cc(NC(=O)C2CC(=O)N(c3ccccc3)C2)c(OC)cc1Cl. The summed E-state index contributed by atoms with van der Waals surface area (Å²) in [5.74, 6) is 0.0788. The normalized spacial score (nSPS) is 16.5. The number of carbonyl (C=O) groups excluding carboxylic acids is 2. The first-order valence-electron chi connectivity index (χ1n) is 8.11. The third-order valence-corrected chi connectivity index (χ3v) is 4.59. The van der Waals surface area contributed by atoms with Crippen molar-refractivity contribution in [3.8, 4) is 11.5 Å². The van der Waals surface area contributed by atoms with E-state index in [1.165, 1.54) is 14.2 Å². The van der Waals surface area contributed by atoms with Crippen molar-refractivity contribution in [3.05, 3.63) is 47.5 Å². The molecule has 0 radical (unpaired) electrons. The van der Waals surface area contributed by atoms with E-state index in [0.29, 0.717) is 28.8 Å². The molecule has 1 saturated heterocycles. The third-order valence-electron chi connectivity index (χ3n) is 4.30. The monoisotopic (exact) mass is 374 g/mol. The van der Waals surface area contributed by atoms with Crippen molar-refractivity contribution in [1.82, 2.24) is 0 Å². The molecule has 2 aromatic rings. The summed E-state index contributed by atoms with van der Waals surface area (Å²) in [6.45, 7) is 0.335. The maximum atomic E-state index is 12.7. The Hall–Kier alpha value is -2.73. The number of carbonyl (C=O) groups is 2. The van der Waals surface area contributed by atoms with Gasteiger partial charge in [-0.25, -0.2) is 0 Å². The van der Waals surface area contributed by atoms with Gasteiger partial charge in [-0.1, -0.05) is 29.8 Å². The summed E-state index contributed by atoms with van der Waals surface area (Å²) in [4.78, 5) is 26.6. The van der Waals surface area contributed by atoms with E-state index < -0.39 is 5.92 Å². The maximum Gasteiger partial charge on any atom is 0.229 e. The molecule has 0 bridgehead atoms. The minimum atomic E-state index is -0.450. The predicted molar refractivity (Wildman–Crippen MR) is 100 cm³/mol. The van der Waals surface area contributed by atoms with E-state index in [2.05, 4.69) is 5.32 Å². The van der Waals surface area contributed by atoms with E-state index in [1.54, 1.807) is 17.0 Å². The Morgan fingerprint density at radius 1 is 1.15 bits per heavy atom. The summed E-state index contributed by atoms with van der Waals surface area (Å²) in [6, 6.07) is 12.5. The van der Waals surface area contributed by atoms with Crippen LogP contribution in [0, 0.1) is 5.92 Å². The number of nitrogens with zero attached hydrogens (tertiary/aromatic N) is 1. The number of rotatable bonds is 5. The molecule has 26 heavy (non-hydrogen) atoms. The number of benzene rings is 2. The molecule has 1 heterocycles. The van der Waals surface area contributed by atoms with E-state index in [0.717, 1.165) is 5.69 Å². The summed E-state index contributed by atoms with van der Waals surface area (Å²) < 4.78 is 10.5. The van der Waals surface area contributed by atoms with Gasteiger partial charge in [0.25, 0.3) is 0 Å². The lowest BCUT2D eigenvalue weighted by atomic mass is 10.1. The van der Waals surface area contributed by atoms with Gasteiger partial charge < -0.3 is 19.7 Å². The first kappa shape index (κ1) is 18.1. The summed E-state index contributed by atoms with van der Waals surface area (Å²) in [7, 11) is 2.98. The van der Waals surface area contributed by atoms with Gasteiger partial charge >= 0.3 is 0 Å². The minimum absolute atomic E-state index is 0.0722. The molecule has 0 saturated carbocycles. The summed E-state index contributed by atoms with van der Waals surface area (Å²) in [5, 5.41) is 3.20. The number of ether oxygens (including phenoxy) is 2. The number of hydrogen-bond donors (Lipinski definition) is 1. The zero-order valence-electron chi connectivity index (χ0n) is 14.5. The largest absolute Gasteiger partial charge is 0.495 e. The molecule has 7 heteroatoms. The van der Waals surface area contributed by atoms with Gasteiger partial charge in [0.2, 0.25) is 11.8 Å². The zero-order chi connectivity index (χ0) is 18.7. The fraction of sp³-hybridized carbons (Fsp3) is 0.263. The molecule has 0 aliphatic carbocycles. The molecule has 2 amide bonds. The second-order valence-corrected chi connectivity index (χ2v) is 6.32. The molecule has 136 valence electrons. The summed E-state index contributed by atoms with van der Waals surface area (Å²) in [5.41, 5.74) is 1.24. The van der Waals surface area contributed by atoms with Gasteiger partial charge in [-0.05, 0) is 12.1 Å². The highest BCUT2D eigenvalue weighted by molar-refractivity contribution is 6.32. The van der Waals surface area contributed by atoms with Crippen molar-refractivity contribution >= 4 is 34.8 Å². The number of halogens is 1. The van der Waals surface area contributed by atoms with Gasteiger partial charge in [-0.15, -0.1) is 0 Å². The Morgan fingerprint density at radius 3 is 2.50 bits per heavy atom. The first-order chi connectivity index (χ1) is 12.5. The van der Waals surface area contributed by atoms with Gasteiger partial charge in [-0.3, -0.25) is 9.59 Å². The van der Waals surface area contributed by atoms with Crippen LogP contribution in [0.5, 0.6) is 11.5 Å². The minimum Gasteiger partial charge on any atom is -0.495 e. The molecule has 0 aromatic heterocycles. The van der Waals surface area contributed by atoms with Gasteiger partial charge in [0, 0.05) is 30.8 Å². The van der Waals surface area contributed by atoms with Crippen LogP contribution in [-0.2, 0) is 9.59 Å². The quantitative estimate of drug-likeness (QED) is 0.871. The first-order valence-corrected chi connectivity index (χ1v) is 8.49. The van der Waals surface area contributed by atoms with Gasteiger partial charge in [-0.2, -0.15) is 0 Å². The molecule has 6 nitrogen and oxygen atoms in total. The molecule has 0 spiro atoms. The van der Waals surface area contributed by atoms with Crippen LogP contribution in [-0.4, -0.2) is 32.6 Å². The van der Waals surface area contributed by atoms with Gasteiger partial charge in [0.1, 0.15) is 11.5 Å². The van der Waals surface area contributed by atoms with Crippen molar-refractivity contribution in [2.45, 2.75) is 6.42 Å². The van der Waals surface area contributed by atoms with Crippen LogP contribution in [0.25, 0.3) is 0 Å². The lowest BCUT2D eigenvalue weighted by molar-refractivity contribution is -0.122. The molecular formula is C19H19ClN2O4. The standard InChI is InChI=1S/C19H19ClN2O4/c1-25-16-10-15(17(26-2)9-14(16)20)21-19(24)12-8-18(23)22(11-12)13-6-4-3-5-7-13/h3-7,9-10,12H,8,11H2,1-2H3,(H,21,24). The molecule has 1 aliphatic heterocycles. The molecule has 1 unspecified atom stereocenters. The fourth-order valence-electron chi connectivity index (χ4n) is 2.93. The van der Waals surface area contributed by atoms with Crippen molar-refractivity contribution in [2.24, 2.45) is 5.92 Å².